The summed E-state index contributed by atoms with van der Waals surface area (Å²) in [5, 5.41) is 7.35. The van der Waals surface area contributed by atoms with Crippen LogP contribution in [-0.2, 0) is 5.41 Å². The molecule has 58 heavy (non-hydrogen) atoms. The Hall–Kier alpha value is -6.94. The molecule has 3 heteroatoms. The van der Waals surface area contributed by atoms with Gasteiger partial charge in [0.2, 0.25) is 0 Å². The van der Waals surface area contributed by atoms with Crippen LogP contribution in [0.15, 0.2) is 192 Å². The van der Waals surface area contributed by atoms with Crippen LogP contribution in [0.3, 0.4) is 0 Å². The highest BCUT2D eigenvalue weighted by molar-refractivity contribution is 7.26. The predicted molar refractivity (Wildman–Crippen MR) is 247 cm³/mol. The van der Waals surface area contributed by atoms with E-state index in [1.165, 1.54) is 81.1 Å². The van der Waals surface area contributed by atoms with Crippen molar-refractivity contribution < 1.29 is 4.42 Å². The summed E-state index contributed by atoms with van der Waals surface area (Å²) in [6.45, 7) is 4.73. The fourth-order valence-electron chi connectivity index (χ4n) is 9.57. The molecular weight excluding hydrogens is 723 g/mol. The van der Waals surface area contributed by atoms with Crippen molar-refractivity contribution in [2.45, 2.75) is 19.3 Å². The minimum atomic E-state index is -0.121. The van der Waals surface area contributed by atoms with E-state index in [0.717, 1.165) is 33.3 Å². The summed E-state index contributed by atoms with van der Waals surface area (Å²) in [4.78, 5) is 2.49. The summed E-state index contributed by atoms with van der Waals surface area (Å²) >= 11 is 1.89. The van der Waals surface area contributed by atoms with Crippen molar-refractivity contribution in [2.24, 2.45) is 0 Å². The van der Waals surface area contributed by atoms with Crippen molar-refractivity contribution in [2.75, 3.05) is 4.90 Å². The highest BCUT2D eigenvalue weighted by atomic mass is 32.1. The molecule has 9 aromatic carbocycles. The number of fused-ring (bicyclic) bond motifs is 11. The summed E-state index contributed by atoms with van der Waals surface area (Å²) in [5.74, 6) is 0. The van der Waals surface area contributed by atoms with Gasteiger partial charge in [0.15, 0.2) is 0 Å². The molecule has 1 aliphatic carbocycles. The van der Waals surface area contributed by atoms with E-state index in [2.05, 4.69) is 195 Å². The fourth-order valence-corrected chi connectivity index (χ4v) is 10.8. The molecule has 0 saturated carbocycles. The van der Waals surface area contributed by atoms with Gasteiger partial charge in [0.1, 0.15) is 11.2 Å². The van der Waals surface area contributed by atoms with Gasteiger partial charge in [-0.05, 0) is 111 Å². The lowest BCUT2D eigenvalue weighted by atomic mass is 9.82. The van der Waals surface area contributed by atoms with Crippen LogP contribution in [-0.4, -0.2) is 0 Å². The van der Waals surface area contributed by atoms with Crippen LogP contribution in [0.1, 0.15) is 25.0 Å². The third-order valence-electron chi connectivity index (χ3n) is 12.4. The van der Waals surface area contributed by atoms with Crippen molar-refractivity contribution in [1.82, 2.24) is 0 Å². The molecule has 0 aliphatic heterocycles. The molecular formula is C55H37NOS. The average Bonchev–Trinajstić information content (AvgIpc) is 3.91. The minimum absolute atomic E-state index is 0.121. The van der Waals surface area contributed by atoms with Crippen molar-refractivity contribution >= 4 is 81.3 Å². The maximum absolute atomic E-state index is 6.17. The lowest BCUT2D eigenvalue weighted by Crippen LogP contribution is -2.16. The van der Waals surface area contributed by atoms with E-state index in [1.54, 1.807) is 0 Å². The molecule has 0 unspecified atom stereocenters. The van der Waals surface area contributed by atoms with Gasteiger partial charge in [-0.2, -0.15) is 0 Å². The third kappa shape index (κ3) is 4.97. The quantitative estimate of drug-likeness (QED) is 0.174. The van der Waals surface area contributed by atoms with E-state index in [1.807, 2.05) is 23.5 Å². The van der Waals surface area contributed by atoms with Gasteiger partial charge in [0.25, 0.3) is 0 Å². The molecule has 0 saturated heterocycles. The molecule has 2 heterocycles. The maximum atomic E-state index is 6.17. The Bertz CT molecular complexity index is 3440. The minimum Gasteiger partial charge on any atom is -0.456 e. The molecule has 12 rings (SSSR count). The van der Waals surface area contributed by atoms with Gasteiger partial charge in [0.05, 0.1) is 5.69 Å². The average molecular weight is 760 g/mol. The molecule has 2 aromatic heterocycles. The molecule has 0 atom stereocenters. The first kappa shape index (κ1) is 33.2. The monoisotopic (exact) mass is 759 g/mol. The van der Waals surface area contributed by atoms with Crippen molar-refractivity contribution in [3.05, 3.63) is 199 Å². The smallest absolute Gasteiger partial charge is 0.135 e. The van der Waals surface area contributed by atoms with Crippen LogP contribution in [0.5, 0.6) is 0 Å². The second kappa shape index (κ2) is 12.5. The van der Waals surface area contributed by atoms with Crippen LogP contribution in [0.2, 0.25) is 0 Å². The molecule has 274 valence electrons. The third-order valence-corrected chi connectivity index (χ3v) is 13.6. The number of thiophene rings is 1. The lowest BCUT2D eigenvalue weighted by molar-refractivity contribution is 0.660. The standard InChI is InChI=1S/C55H37NOS/c1-55(2)47-19-8-6-17-41(47)42-27-25-40(33-48(42)55)56(39-16-10-15-36(30-39)34-12-4-3-5-13-34)49-20-11-14-35-22-26-44-46-32-38(24-29-52(46)58-54(44)53(35)49)37-23-28-51-45(31-37)43-18-7-9-21-50(43)57-51/h3-33H,1-2H3. The summed E-state index contributed by atoms with van der Waals surface area (Å²) in [6, 6.07) is 69.0. The van der Waals surface area contributed by atoms with Crippen molar-refractivity contribution in [1.29, 1.82) is 0 Å². The second-order valence-corrected chi connectivity index (χ2v) is 17.1. The second-order valence-electron chi connectivity index (χ2n) is 16.1. The number of hydrogen-bond donors (Lipinski definition) is 0. The topological polar surface area (TPSA) is 16.4 Å². The van der Waals surface area contributed by atoms with Gasteiger partial charge in [-0.3, -0.25) is 0 Å². The zero-order chi connectivity index (χ0) is 38.5. The van der Waals surface area contributed by atoms with E-state index >= 15 is 0 Å². The number of para-hydroxylation sites is 1. The Morgan fingerprint density at radius 2 is 1.16 bits per heavy atom. The molecule has 0 fully saturated rings. The maximum Gasteiger partial charge on any atom is 0.135 e. The first-order chi connectivity index (χ1) is 28.5. The van der Waals surface area contributed by atoms with E-state index in [-0.39, 0.29) is 5.41 Å². The summed E-state index contributed by atoms with van der Waals surface area (Å²) in [7, 11) is 0. The number of benzene rings is 9. The molecule has 0 spiro atoms. The fraction of sp³-hybridized carbons (Fsp3) is 0.0545. The highest BCUT2D eigenvalue weighted by Gasteiger charge is 2.36. The lowest BCUT2D eigenvalue weighted by Gasteiger charge is -2.29. The molecule has 0 amide bonds. The van der Waals surface area contributed by atoms with Gasteiger partial charge in [-0.1, -0.05) is 141 Å². The Morgan fingerprint density at radius 3 is 2.07 bits per heavy atom. The molecule has 2 nitrogen and oxygen atoms in total. The number of anilines is 3. The van der Waals surface area contributed by atoms with Crippen LogP contribution in [0, 0.1) is 0 Å². The summed E-state index contributed by atoms with van der Waals surface area (Å²) in [6.07, 6.45) is 0. The van der Waals surface area contributed by atoms with Crippen LogP contribution in [0.4, 0.5) is 17.1 Å². The van der Waals surface area contributed by atoms with Crippen LogP contribution < -0.4 is 4.90 Å². The number of rotatable bonds is 5. The van der Waals surface area contributed by atoms with Gasteiger partial charge in [-0.15, -0.1) is 11.3 Å². The number of hydrogen-bond acceptors (Lipinski definition) is 3. The Morgan fingerprint density at radius 1 is 0.448 bits per heavy atom. The number of nitrogens with zero attached hydrogens (tertiary/aromatic N) is 1. The normalized spacial score (nSPS) is 13.1. The van der Waals surface area contributed by atoms with Gasteiger partial charge in [-0.25, -0.2) is 0 Å². The highest BCUT2D eigenvalue weighted by Crippen LogP contribution is 2.52. The van der Waals surface area contributed by atoms with E-state index in [0.29, 0.717) is 0 Å². The first-order valence-corrected chi connectivity index (χ1v) is 20.8. The largest absolute Gasteiger partial charge is 0.456 e. The SMILES string of the molecule is CC1(C)c2ccccc2-c2ccc(N(c3cccc(-c4ccccc4)c3)c3cccc4ccc5c6cc(-c7ccc8oc9ccccc9c8c7)ccc6sc5c34)cc21. The van der Waals surface area contributed by atoms with Crippen molar-refractivity contribution in [3.63, 3.8) is 0 Å². The molecule has 0 N–H and O–H groups in total. The molecule has 0 radical (unpaired) electrons. The van der Waals surface area contributed by atoms with Crippen LogP contribution in [0.25, 0.3) is 86.3 Å². The molecule has 1 aliphatic rings. The van der Waals surface area contributed by atoms with Crippen molar-refractivity contribution in [3.8, 4) is 33.4 Å². The summed E-state index contributed by atoms with van der Waals surface area (Å²) < 4.78 is 8.75. The molecule has 0 bridgehead atoms. The Balaban J connectivity index is 1.07. The zero-order valence-electron chi connectivity index (χ0n) is 32.2. The first-order valence-electron chi connectivity index (χ1n) is 20.0. The molecule has 11 aromatic rings. The Labute approximate surface area is 340 Å². The predicted octanol–water partition coefficient (Wildman–Crippen LogP) is 16.2. The van der Waals surface area contributed by atoms with E-state index < -0.39 is 0 Å². The van der Waals surface area contributed by atoms with Gasteiger partial charge >= 0.3 is 0 Å². The van der Waals surface area contributed by atoms with Crippen LogP contribution >= 0.6 is 11.3 Å². The Kier molecular flexibility index (Phi) is 7.18. The number of furan rings is 1. The van der Waals surface area contributed by atoms with Gasteiger partial charge in [0, 0.05) is 53.1 Å². The van der Waals surface area contributed by atoms with E-state index in [9.17, 15) is 0 Å². The van der Waals surface area contributed by atoms with E-state index in [4.69, 9.17) is 4.42 Å². The zero-order valence-corrected chi connectivity index (χ0v) is 33.0. The summed E-state index contributed by atoms with van der Waals surface area (Å²) in [5.41, 5.74) is 15.4. The van der Waals surface area contributed by atoms with Gasteiger partial charge < -0.3 is 9.32 Å².